The van der Waals surface area contributed by atoms with Gasteiger partial charge in [-0.15, -0.1) is 0 Å². The number of aliphatic hydroxyl groups is 1. The maximum atomic E-state index is 12.3. The molecule has 0 atom stereocenters. The van der Waals surface area contributed by atoms with Gasteiger partial charge in [-0.1, -0.05) is 110 Å². The van der Waals surface area contributed by atoms with Gasteiger partial charge in [0.2, 0.25) is 0 Å². The molecule has 10 rings (SSSR count). The third-order valence-corrected chi connectivity index (χ3v) is 12.8. The van der Waals surface area contributed by atoms with Crippen LogP contribution in [-0.2, 0) is 16.2 Å². The molecule has 0 aliphatic carbocycles. The summed E-state index contributed by atoms with van der Waals surface area (Å²) in [4.78, 5) is 37.9. The lowest BCUT2D eigenvalue weighted by Gasteiger charge is -2.28. The molecule has 0 saturated heterocycles. The van der Waals surface area contributed by atoms with Gasteiger partial charge in [-0.3, -0.25) is 9.97 Å². The second-order valence-corrected chi connectivity index (χ2v) is 17.4. The van der Waals surface area contributed by atoms with E-state index in [0.717, 1.165) is 79.7 Å². The van der Waals surface area contributed by atoms with Crippen LogP contribution < -0.4 is 24.0 Å². The summed E-state index contributed by atoms with van der Waals surface area (Å²) >= 11 is 0. The standard InChI is InChI=1S/C66H50N4O6/c1-4-65(72)75-62-36-28-48(41-56(62)58-20-12-14-38-67-58)47-26-34-60(51(40-47)44-71)69(52-16-8-6-9-17-52)54-30-22-45(23-31-54)46-24-32-55(33-25-46)70(53-18-10-7-11-19-53)61-35-27-50(43-64(61)74-3)49-29-37-63(76-66(73)5-2)57(42-49)59-21-13-15-39-68-59/h4-43,71H,1-2,44H2,3H3. The number of esters is 2. The maximum absolute atomic E-state index is 12.3. The van der Waals surface area contributed by atoms with Crippen LogP contribution in [0.2, 0.25) is 0 Å². The third kappa shape index (κ3) is 10.7. The Balaban J connectivity index is 0.951. The van der Waals surface area contributed by atoms with Crippen LogP contribution in [0.5, 0.6) is 17.2 Å². The second-order valence-electron chi connectivity index (χ2n) is 17.4. The number of carbonyl (C=O) groups is 2. The van der Waals surface area contributed by atoms with E-state index in [0.29, 0.717) is 45.3 Å². The van der Waals surface area contributed by atoms with Gasteiger partial charge in [0.25, 0.3) is 0 Å². The van der Waals surface area contributed by atoms with Gasteiger partial charge in [0.1, 0.15) is 17.2 Å². The highest BCUT2D eigenvalue weighted by Gasteiger charge is 2.22. The van der Waals surface area contributed by atoms with Crippen LogP contribution in [0.4, 0.5) is 34.1 Å². The summed E-state index contributed by atoms with van der Waals surface area (Å²) in [6.45, 7) is 6.89. The van der Waals surface area contributed by atoms with E-state index in [1.165, 1.54) is 0 Å². The summed E-state index contributed by atoms with van der Waals surface area (Å²) in [5, 5.41) is 11.0. The van der Waals surface area contributed by atoms with Gasteiger partial charge in [0, 0.05) is 64.0 Å². The average Bonchev–Trinajstić information content (AvgIpc) is 3.51. The van der Waals surface area contributed by atoms with Crippen molar-refractivity contribution in [2.75, 3.05) is 16.9 Å². The number of para-hydroxylation sites is 2. The average molecular weight is 995 g/mol. The van der Waals surface area contributed by atoms with Gasteiger partial charge in [0.05, 0.1) is 36.5 Å². The molecular formula is C66H50N4O6. The molecule has 0 fully saturated rings. The number of methoxy groups -OCH3 is 1. The highest BCUT2D eigenvalue weighted by Crippen LogP contribution is 2.45. The van der Waals surface area contributed by atoms with Crippen molar-refractivity contribution in [3.8, 4) is 73.1 Å². The molecular weight excluding hydrogens is 945 g/mol. The first-order valence-electron chi connectivity index (χ1n) is 24.4. The number of rotatable bonds is 17. The molecule has 0 bridgehead atoms. The fourth-order valence-corrected chi connectivity index (χ4v) is 9.11. The van der Waals surface area contributed by atoms with E-state index in [4.69, 9.17) is 14.2 Å². The summed E-state index contributed by atoms with van der Waals surface area (Å²) < 4.78 is 17.3. The van der Waals surface area contributed by atoms with Crippen LogP contribution >= 0.6 is 0 Å². The Morgan fingerprint density at radius 3 is 1.28 bits per heavy atom. The number of ether oxygens (including phenoxy) is 3. The molecule has 10 nitrogen and oxygen atoms in total. The zero-order valence-corrected chi connectivity index (χ0v) is 41.5. The molecule has 1 N–H and O–H groups in total. The van der Waals surface area contributed by atoms with E-state index in [2.05, 4.69) is 106 Å². The van der Waals surface area contributed by atoms with Crippen molar-refractivity contribution >= 4 is 46.1 Å². The van der Waals surface area contributed by atoms with E-state index in [1.807, 2.05) is 133 Å². The summed E-state index contributed by atoms with van der Waals surface area (Å²) in [6, 6.07) is 71.7. The lowest BCUT2D eigenvalue weighted by molar-refractivity contribution is -0.129. The predicted molar refractivity (Wildman–Crippen MR) is 303 cm³/mol. The molecule has 2 heterocycles. The summed E-state index contributed by atoms with van der Waals surface area (Å²) in [5.41, 5.74) is 14.3. The fourth-order valence-electron chi connectivity index (χ4n) is 9.11. The first kappa shape index (κ1) is 49.4. The first-order valence-corrected chi connectivity index (χ1v) is 24.4. The molecule has 0 spiro atoms. The molecule has 0 unspecified atom stereocenters. The van der Waals surface area contributed by atoms with Gasteiger partial charge in [0.15, 0.2) is 0 Å². The second kappa shape index (κ2) is 22.7. The van der Waals surface area contributed by atoms with Crippen molar-refractivity contribution in [3.05, 3.63) is 262 Å². The topological polar surface area (TPSA) is 114 Å². The fraction of sp³-hybridized carbons (Fsp3) is 0.0303. The molecule has 0 radical (unpaired) electrons. The number of benzene rings is 8. The monoisotopic (exact) mass is 994 g/mol. The molecule has 76 heavy (non-hydrogen) atoms. The summed E-state index contributed by atoms with van der Waals surface area (Å²) in [6.07, 6.45) is 5.66. The largest absolute Gasteiger partial charge is 0.495 e. The first-order chi connectivity index (χ1) is 37.3. The molecule has 2 aromatic heterocycles. The van der Waals surface area contributed by atoms with Crippen LogP contribution in [0, 0.1) is 0 Å². The van der Waals surface area contributed by atoms with E-state index in [-0.39, 0.29) is 6.61 Å². The summed E-state index contributed by atoms with van der Waals surface area (Å²) in [7, 11) is 1.67. The minimum Gasteiger partial charge on any atom is -0.495 e. The Morgan fingerprint density at radius 1 is 0.447 bits per heavy atom. The number of hydrogen-bond acceptors (Lipinski definition) is 10. The molecule has 8 aromatic carbocycles. The molecule has 10 aromatic rings. The Bertz CT molecular complexity index is 3440. The zero-order valence-electron chi connectivity index (χ0n) is 41.5. The van der Waals surface area contributed by atoms with Crippen molar-refractivity contribution in [3.63, 3.8) is 0 Å². The van der Waals surface area contributed by atoms with E-state index in [9.17, 15) is 14.7 Å². The van der Waals surface area contributed by atoms with Gasteiger partial charge in [-0.25, -0.2) is 9.59 Å². The van der Waals surface area contributed by atoms with E-state index < -0.39 is 11.9 Å². The smallest absolute Gasteiger partial charge is 0.335 e. The number of hydrogen-bond donors (Lipinski definition) is 1. The van der Waals surface area contributed by atoms with Crippen LogP contribution in [0.25, 0.3) is 55.9 Å². The highest BCUT2D eigenvalue weighted by atomic mass is 16.5. The van der Waals surface area contributed by atoms with E-state index in [1.54, 1.807) is 31.6 Å². The lowest BCUT2D eigenvalue weighted by atomic mass is 9.97. The van der Waals surface area contributed by atoms with Gasteiger partial charge in [-0.2, -0.15) is 0 Å². The number of anilines is 6. The van der Waals surface area contributed by atoms with Gasteiger partial charge >= 0.3 is 11.9 Å². The molecule has 10 heteroatoms. The predicted octanol–water partition coefficient (Wildman–Crippen LogP) is 15.4. The van der Waals surface area contributed by atoms with Crippen molar-refractivity contribution < 1.29 is 28.9 Å². The molecule has 0 amide bonds. The van der Waals surface area contributed by atoms with Gasteiger partial charge in [-0.05, 0) is 155 Å². The number of pyridine rings is 2. The van der Waals surface area contributed by atoms with Crippen molar-refractivity contribution in [1.82, 2.24) is 9.97 Å². The van der Waals surface area contributed by atoms with Crippen molar-refractivity contribution in [2.45, 2.75) is 6.61 Å². The number of aromatic nitrogens is 2. The Labute approximate surface area is 441 Å². The third-order valence-electron chi connectivity index (χ3n) is 12.8. The maximum Gasteiger partial charge on any atom is 0.335 e. The Morgan fingerprint density at radius 2 is 0.842 bits per heavy atom. The van der Waals surface area contributed by atoms with Crippen LogP contribution in [0.15, 0.2) is 256 Å². The van der Waals surface area contributed by atoms with Crippen molar-refractivity contribution in [1.29, 1.82) is 0 Å². The van der Waals surface area contributed by atoms with Crippen LogP contribution in [0.1, 0.15) is 5.56 Å². The highest BCUT2D eigenvalue weighted by molar-refractivity contribution is 5.89. The van der Waals surface area contributed by atoms with E-state index >= 15 is 0 Å². The SMILES string of the molecule is C=CC(=O)Oc1ccc(-c2ccc(N(c3ccccc3)c3ccc(-c4ccc(N(c5ccccc5)c5ccc(-c6ccc(OC(=O)C=C)c(-c7ccccn7)c6)cc5OC)cc4)cc3)c(CO)c2)cc1-c1ccccn1. The van der Waals surface area contributed by atoms with Crippen LogP contribution in [-0.4, -0.2) is 34.1 Å². The quantitative estimate of drug-likeness (QED) is 0.0537. The molecule has 0 saturated carbocycles. The van der Waals surface area contributed by atoms with Crippen LogP contribution in [0.3, 0.4) is 0 Å². The lowest BCUT2D eigenvalue weighted by Crippen LogP contribution is -2.12. The Kier molecular flexibility index (Phi) is 14.8. The minimum atomic E-state index is -0.565. The normalized spacial score (nSPS) is 10.8. The minimum absolute atomic E-state index is 0.215. The zero-order chi connectivity index (χ0) is 52.4. The Hall–Kier alpha value is -10.2. The molecule has 370 valence electrons. The summed E-state index contributed by atoms with van der Waals surface area (Å²) in [5.74, 6) is 0.283. The number of nitrogens with zero attached hydrogens (tertiary/aromatic N) is 4. The van der Waals surface area contributed by atoms with Crippen molar-refractivity contribution in [2.24, 2.45) is 0 Å². The molecule has 0 aliphatic heterocycles. The van der Waals surface area contributed by atoms with Gasteiger partial charge < -0.3 is 29.1 Å². The number of carbonyl (C=O) groups excluding carboxylic acids is 2. The number of aliphatic hydroxyl groups excluding tert-OH is 1. The molecule has 0 aliphatic rings.